The van der Waals surface area contributed by atoms with Crippen LogP contribution in [0.2, 0.25) is 0 Å². The highest BCUT2D eigenvalue weighted by atomic mass is 32.1. The van der Waals surface area contributed by atoms with Crippen molar-refractivity contribution in [3.63, 3.8) is 0 Å². The van der Waals surface area contributed by atoms with Crippen LogP contribution < -0.4 is 5.32 Å². The Kier molecular flexibility index (Phi) is 3.74. The molecule has 1 unspecified atom stereocenters. The maximum atomic E-state index is 11.9. The van der Waals surface area contributed by atoms with Gasteiger partial charge in [0.25, 0.3) is 5.91 Å². The van der Waals surface area contributed by atoms with E-state index in [0.717, 1.165) is 11.3 Å². The summed E-state index contributed by atoms with van der Waals surface area (Å²) in [6.45, 7) is 4.37. The molecule has 3 nitrogen and oxygen atoms in total. The molecule has 1 heterocycles. The predicted octanol–water partition coefficient (Wildman–Crippen LogP) is 2.01. The lowest BCUT2D eigenvalue weighted by Gasteiger charge is -2.04. The van der Waals surface area contributed by atoms with Crippen molar-refractivity contribution in [1.82, 2.24) is 5.32 Å². The molecule has 1 fully saturated rings. The molecule has 0 spiro atoms. The summed E-state index contributed by atoms with van der Waals surface area (Å²) >= 11 is 1.46. The lowest BCUT2D eigenvalue weighted by Crippen LogP contribution is -2.27. The van der Waals surface area contributed by atoms with Crippen molar-refractivity contribution in [2.45, 2.75) is 32.7 Å². The molecule has 0 saturated heterocycles. The number of amides is 1. The minimum atomic E-state index is -0.0166. The zero-order valence-electron chi connectivity index (χ0n) is 10.6. The first kappa shape index (κ1) is 13.1. The fraction of sp³-hybridized carbons (Fsp3) is 0.500. The minimum Gasteiger partial charge on any atom is -0.395 e. The molecule has 1 aromatic heterocycles. The quantitative estimate of drug-likeness (QED) is 0.820. The molecule has 0 aromatic carbocycles. The number of thiophene rings is 1. The maximum absolute atomic E-state index is 11.9. The average molecular weight is 263 g/mol. The van der Waals surface area contributed by atoms with Gasteiger partial charge in [-0.2, -0.15) is 0 Å². The molecule has 2 rings (SSSR count). The molecular weight excluding hydrogens is 246 g/mol. The van der Waals surface area contributed by atoms with E-state index in [1.165, 1.54) is 11.3 Å². The summed E-state index contributed by atoms with van der Waals surface area (Å²) in [5, 5.41) is 13.5. The van der Waals surface area contributed by atoms with Crippen LogP contribution in [0, 0.1) is 17.3 Å². The fourth-order valence-corrected chi connectivity index (χ4v) is 2.44. The summed E-state index contributed by atoms with van der Waals surface area (Å²) in [5.41, 5.74) is 0.922. The Morgan fingerprint density at radius 1 is 1.67 bits per heavy atom. The molecular formula is C14H17NO2S. The zero-order valence-corrected chi connectivity index (χ0v) is 11.4. The van der Waals surface area contributed by atoms with Gasteiger partial charge in [0.05, 0.1) is 17.0 Å². The van der Waals surface area contributed by atoms with Crippen LogP contribution in [0.4, 0.5) is 0 Å². The van der Waals surface area contributed by atoms with Crippen molar-refractivity contribution >= 4 is 17.2 Å². The van der Waals surface area contributed by atoms with Gasteiger partial charge in [-0.05, 0) is 17.9 Å². The van der Waals surface area contributed by atoms with Crippen LogP contribution in [-0.4, -0.2) is 23.7 Å². The van der Waals surface area contributed by atoms with Gasteiger partial charge in [-0.25, -0.2) is 0 Å². The first-order chi connectivity index (χ1) is 8.53. The zero-order chi connectivity index (χ0) is 13.2. The summed E-state index contributed by atoms with van der Waals surface area (Å²) in [4.78, 5) is 12.8. The Hall–Kier alpha value is -1.31. The van der Waals surface area contributed by atoms with Gasteiger partial charge in [-0.1, -0.05) is 25.7 Å². The van der Waals surface area contributed by atoms with E-state index in [9.17, 15) is 4.79 Å². The number of hydrogen-bond donors (Lipinski definition) is 2. The molecule has 4 heteroatoms. The standard InChI is InChI=1S/C14H17NO2S/c1-14(2)8-12(14)15-13(17)10-7-11(18-9-10)5-3-4-6-16/h7,9,12,16H,4,6,8H2,1-2H3,(H,15,17). The van der Waals surface area contributed by atoms with Crippen LogP contribution in [0.5, 0.6) is 0 Å². The largest absolute Gasteiger partial charge is 0.395 e. The number of aliphatic hydroxyl groups is 1. The van der Waals surface area contributed by atoms with Gasteiger partial charge in [-0.3, -0.25) is 4.79 Å². The summed E-state index contributed by atoms with van der Waals surface area (Å²) < 4.78 is 0. The number of nitrogens with one attached hydrogen (secondary N) is 1. The van der Waals surface area contributed by atoms with Gasteiger partial charge in [0.15, 0.2) is 0 Å². The molecule has 18 heavy (non-hydrogen) atoms. The number of hydrogen-bond acceptors (Lipinski definition) is 3. The Bertz CT molecular complexity index is 507. The predicted molar refractivity (Wildman–Crippen MR) is 72.6 cm³/mol. The monoisotopic (exact) mass is 263 g/mol. The van der Waals surface area contributed by atoms with E-state index in [1.807, 2.05) is 5.38 Å². The van der Waals surface area contributed by atoms with Gasteiger partial charge in [-0.15, -0.1) is 11.3 Å². The second-order valence-electron chi connectivity index (χ2n) is 5.19. The second kappa shape index (κ2) is 5.13. The summed E-state index contributed by atoms with van der Waals surface area (Å²) in [6, 6.07) is 2.11. The fourth-order valence-electron chi connectivity index (χ4n) is 1.68. The molecule has 1 saturated carbocycles. The van der Waals surface area contributed by atoms with Crippen LogP contribution in [-0.2, 0) is 0 Å². The lowest BCUT2D eigenvalue weighted by atomic mass is 10.2. The highest BCUT2D eigenvalue weighted by Crippen LogP contribution is 2.44. The lowest BCUT2D eigenvalue weighted by molar-refractivity contribution is 0.0947. The van der Waals surface area contributed by atoms with Crippen LogP contribution in [0.15, 0.2) is 11.4 Å². The second-order valence-corrected chi connectivity index (χ2v) is 6.10. The van der Waals surface area contributed by atoms with Crippen molar-refractivity contribution < 1.29 is 9.90 Å². The summed E-state index contributed by atoms with van der Waals surface area (Å²) in [6.07, 6.45) is 1.52. The van der Waals surface area contributed by atoms with Crippen LogP contribution >= 0.6 is 11.3 Å². The third kappa shape index (κ3) is 3.12. The van der Waals surface area contributed by atoms with Gasteiger partial charge in [0, 0.05) is 17.8 Å². The molecule has 1 aliphatic rings. The van der Waals surface area contributed by atoms with E-state index in [4.69, 9.17) is 5.11 Å². The summed E-state index contributed by atoms with van der Waals surface area (Å²) in [7, 11) is 0. The molecule has 0 aliphatic heterocycles. The Morgan fingerprint density at radius 2 is 2.39 bits per heavy atom. The molecule has 96 valence electrons. The maximum Gasteiger partial charge on any atom is 0.252 e. The van der Waals surface area contributed by atoms with Crippen LogP contribution in [0.25, 0.3) is 0 Å². The SMILES string of the molecule is CC1(C)CC1NC(=O)c1csc(C#CCCO)c1. The van der Waals surface area contributed by atoms with Gasteiger partial charge >= 0.3 is 0 Å². The first-order valence-corrected chi connectivity index (χ1v) is 6.90. The van der Waals surface area contributed by atoms with Crippen molar-refractivity contribution in [3.8, 4) is 11.8 Å². The Morgan fingerprint density at radius 3 is 3.00 bits per heavy atom. The normalized spacial score (nSPS) is 19.8. The van der Waals surface area contributed by atoms with Gasteiger partial charge in [0.2, 0.25) is 0 Å². The smallest absolute Gasteiger partial charge is 0.252 e. The van der Waals surface area contributed by atoms with E-state index in [-0.39, 0.29) is 17.9 Å². The third-order valence-corrected chi connectivity index (χ3v) is 3.97. The van der Waals surface area contributed by atoms with Gasteiger partial charge < -0.3 is 10.4 Å². The van der Waals surface area contributed by atoms with Crippen molar-refractivity contribution in [2.24, 2.45) is 5.41 Å². The molecule has 0 bridgehead atoms. The Balaban J connectivity index is 1.94. The minimum absolute atomic E-state index is 0.0166. The van der Waals surface area contributed by atoms with Gasteiger partial charge in [0.1, 0.15) is 0 Å². The van der Waals surface area contributed by atoms with Crippen LogP contribution in [0.1, 0.15) is 41.9 Å². The van der Waals surface area contributed by atoms with E-state index < -0.39 is 0 Å². The number of carbonyl (C=O) groups is 1. The van der Waals surface area contributed by atoms with E-state index in [2.05, 4.69) is 31.0 Å². The van der Waals surface area contributed by atoms with E-state index in [1.54, 1.807) is 6.07 Å². The molecule has 1 aliphatic carbocycles. The molecule has 0 radical (unpaired) electrons. The first-order valence-electron chi connectivity index (χ1n) is 6.02. The molecule has 1 amide bonds. The number of rotatable bonds is 3. The number of aliphatic hydroxyl groups excluding tert-OH is 1. The van der Waals surface area contributed by atoms with Crippen molar-refractivity contribution in [1.29, 1.82) is 0 Å². The van der Waals surface area contributed by atoms with Crippen LogP contribution in [0.3, 0.4) is 0 Å². The van der Waals surface area contributed by atoms with Crippen molar-refractivity contribution in [2.75, 3.05) is 6.61 Å². The van der Waals surface area contributed by atoms with E-state index >= 15 is 0 Å². The highest BCUT2D eigenvalue weighted by Gasteiger charge is 2.46. The summed E-state index contributed by atoms with van der Waals surface area (Å²) in [5.74, 6) is 5.77. The molecule has 1 atom stereocenters. The van der Waals surface area contributed by atoms with E-state index in [0.29, 0.717) is 18.0 Å². The molecule has 2 N–H and O–H groups in total. The van der Waals surface area contributed by atoms with Crippen molar-refractivity contribution in [3.05, 3.63) is 21.9 Å². The highest BCUT2D eigenvalue weighted by molar-refractivity contribution is 7.10. The number of carbonyl (C=O) groups excluding carboxylic acids is 1. The average Bonchev–Trinajstić information content (AvgIpc) is 2.76. The molecule has 1 aromatic rings. The third-order valence-electron chi connectivity index (χ3n) is 3.13. The topological polar surface area (TPSA) is 49.3 Å². The Labute approximate surface area is 111 Å².